The Labute approximate surface area is 115 Å². The molecule has 18 heavy (non-hydrogen) atoms. The fourth-order valence-electron chi connectivity index (χ4n) is 2.26. The highest BCUT2D eigenvalue weighted by atomic mass is 15.1. The van der Waals surface area contributed by atoms with Crippen LogP contribution in [0.3, 0.4) is 0 Å². The van der Waals surface area contributed by atoms with Gasteiger partial charge in [-0.05, 0) is 59.0 Å². The molecular weight excluding hydrogens is 222 g/mol. The van der Waals surface area contributed by atoms with Gasteiger partial charge in [0.25, 0.3) is 0 Å². The van der Waals surface area contributed by atoms with Crippen LogP contribution in [0.4, 0.5) is 0 Å². The first kappa shape index (κ1) is 17.9. The molecule has 0 spiro atoms. The molecule has 0 aromatic rings. The van der Waals surface area contributed by atoms with Crippen LogP contribution in [0.15, 0.2) is 0 Å². The van der Waals surface area contributed by atoms with Gasteiger partial charge in [0.05, 0.1) is 0 Å². The van der Waals surface area contributed by atoms with Crippen LogP contribution in [0.2, 0.25) is 0 Å². The SMILES string of the molecule is CCNC(C)C(C)(C)CN(CC)CCCN(C)C. The van der Waals surface area contributed by atoms with Gasteiger partial charge in [0.1, 0.15) is 0 Å². The van der Waals surface area contributed by atoms with Gasteiger partial charge < -0.3 is 15.1 Å². The summed E-state index contributed by atoms with van der Waals surface area (Å²) in [5.74, 6) is 0. The Morgan fingerprint density at radius 2 is 1.72 bits per heavy atom. The van der Waals surface area contributed by atoms with Gasteiger partial charge >= 0.3 is 0 Å². The van der Waals surface area contributed by atoms with Crippen LogP contribution in [-0.4, -0.2) is 62.7 Å². The second-order valence-electron chi connectivity index (χ2n) is 6.29. The second-order valence-corrected chi connectivity index (χ2v) is 6.29. The molecule has 3 heteroatoms. The number of hydrogen-bond donors (Lipinski definition) is 1. The molecule has 0 fully saturated rings. The first-order valence-corrected chi connectivity index (χ1v) is 7.44. The monoisotopic (exact) mass is 257 g/mol. The minimum atomic E-state index is 0.324. The third-order valence-electron chi connectivity index (χ3n) is 3.84. The molecule has 0 aliphatic heterocycles. The van der Waals surface area contributed by atoms with E-state index < -0.39 is 0 Å². The van der Waals surface area contributed by atoms with Crippen molar-refractivity contribution in [2.24, 2.45) is 5.41 Å². The van der Waals surface area contributed by atoms with Crippen molar-refractivity contribution in [1.29, 1.82) is 0 Å². The molecule has 0 aromatic heterocycles. The van der Waals surface area contributed by atoms with Gasteiger partial charge in [0.2, 0.25) is 0 Å². The van der Waals surface area contributed by atoms with Gasteiger partial charge in [0.15, 0.2) is 0 Å². The van der Waals surface area contributed by atoms with Gasteiger partial charge in [-0.3, -0.25) is 0 Å². The van der Waals surface area contributed by atoms with Crippen LogP contribution in [-0.2, 0) is 0 Å². The highest BCUT2D eigenvalue weighted by molar-refractivity contribution is 4.83. The molecule has 0 aliphatic rings. The van der Waals surface area contributed by atoms with Crippen molar-refractivity contribution in [2.75, 3.05) is 46.8 Å². The smallest absolute Gasteiger partial charge is 0.0102 e. The van der Waals surface area contributed by atoms with Crippen molar-refractivity contribution in [1.82, 2.24) is 15.1 Å². The average Bonchev–Trinajstić information content (AvgIpc) is 2.27. The standard InChI is InChI=1S/C15H35N3/c1-8-16-14(3)15(4,5)13-18(9-2)12-10-11-17(6)7/h14,16H,8-13H2,1-7H3. The molecule has 1 unspecified atom stereocenters. The summed E-state index contributed by atoms with van der Waals surface area (Å²) < 4.78 is 0. The van der Waals surface area contributed by atoms with Crippen LogP contribution < -0.4 is 5.32 Å². The number of hydrogen-bond acceptors (Lipinski definition) is 3. The van der Waals surface area contributed by atoms with Crippen LogP contribution in [0.1, 0.15) is 41.0 Å². The predicted octanol–water partition coefficient (Wildman–Crippen LogP) is 2.28. The third-order valence-corrected chi connectivity index (χ3v) is 3.84. The zero-order valence-corrected chi connectivity index (χ0v) is 13.7. The summed E-state index contributed by atoms with van der Waals surface area (Å²) in [5.41, 5.74) is 0.324. The highest BCUT2D eigenvalue weighted by Crippen LogP contribution is 2.22. The lowest BCUT2D eigenvalue weighted by atomic mass is 9.84. The van der Waals surface area contributed by atoms with E-state index in [0.717, 1.165) is 13.1 Å². The molecule has 3 nitrogen and oxygen atoms in total. The maximum Gasteiger partial charge on any atom is 0.0102 e. The molecule has 0 heterocycles. The Balaban J connectivity index is 4.16. The first-order chi connectivity index (χ1) is 8.33. The summed E-state index contributed by atoms with van der Waals surface area (Å²) in [7, 11) is 4.29. The van der Waals surface area contributed by atoms with E-state index in [4.69, 9.17) is 0 Å². The number of nitrogens with one attached hydrogen (secondary N) is 1. The minimum absolute atomic E-state index is 0.324. The molecule has 110 valence electrons. The lowest BCUT2D eigenvalue weighted by Crippen LogP contribution is -2.47. The van der Waals surface area contributed by atoms with E-state index >= 15 is 0 Å². The van der Waals surface area contributed by atoms with Crippen molar-refractivity contribution >= 4 is 0 Å². The molecule has 0 amide bonds. The largest absolute Gasteiger partial charge is 0.314 e. The Kier molecular flexibility index (Phi) is 8.83. The molecule has 0 radical (unpaired) electrons. The van der Waals surface area contributed by atoms with Crippen molar-refractivity contribution in [2.45, 2.75) is 47.1 Å². The Hall–Kier alpha value is -0.120. The lowest BCUT2D eigenvalue weighted by molar-refractivity contribution is 0.144. The predicted molar refractivity (Wildman–Crippen MR) is 82.2 cm³/mol. The quantitative estimate of drug-likeness (QED) is 0.648. The van der Waals surface area contributed by atoms with E-state index in [9.17, 15) is 0 Å². The summed E-state index contributed by atoms with van der Waals surface area (Å²) in [6, 6.07) is 0.561. The summed E-state index contributed by atoms with van der Waals surface area (Å²) >= 11 is 0. The second kappa shape index (κ2) is 8.89. The summed E-state index contributed by atoms with van der Waals surface area (Å²) in [6.07, 6.45) is 1.26. The van der Waals surface area contributed by atoms with E-state index in [1.165, 1.54) is 26.1 Å². The van der Waals surface area contributed by atoms with Crippen LogP contribution in [0.5, 0.6) is 0 Å². The molecule has 0 aliphatic carbocycles. The van der Waals surface area contributed by atoms with Crippen molar-refractivity contribution in [3.8, 4) is 0 Å². The molecule has 0 bridgehead atoms. The molecule has 0 aromatic carbocycles. The normalized spacial score (nSPS) is 14.5. The van der Waals surface area contributed by atoms with Gasteiger partial charge in [0, 0.05) is 12.6 Å². The molecule has 1 N–H and O–H groups in total. The Bertz CT molecular complexity index is 202. The maximum atomic E-state index is 3.55. The maximum absolute atomic E-state index is 3.55. The molecule has 0 rings (SSSR count). The first-order valence-electron chi connectivity index (χ1n) is 7.44. The van der Waals surface area contributed by atoms with Gasteiger partial charge in [-0.2, -0.15) is 0 Å². The molecule has 1 atom stereocenters. The van der Waals surface area contributed by atoms with Gasteiger partial charge in [-0.1, -0.05) is 27.7 Å². The van der Waals surface area contributed by atoms with Crippen molar-refractivity contribution in [3.05, 3.63) is 0 Å². The Morgan fingerprint density at radius 1 is 1.11 bits per heavy atom. The minimum Gasteiger partial charge on any atom is -0.314 e. The van der Waals surface area contributed by atoms with Gasteiger partial charge in [-0.25, -0.2) is 0 Å². The zero-order valence-electron chi connectivity index (χ0n) is 13.7. The van der Waals surface area contributed by atoms with E-state index in [1.807, 2.05) is 0 Å². The highest BCUT2D eigenvalue weighted by Gasteiger charge is 2.27. The van der Waals surface area contributed by atoms with Crippen LogP contribution in [0, 0.1) is 5.41 Å². The zero-order chi connectivity index (χ0) is 14.2. The van der Waals surface area contributed by atoms with Crippen LogP contribution in [0.25, 0.3) is 0 Å². The van der Waals surface area contributed by atoms with E-state index in [-0.39, 0.29) is 0 Å². The van der Waals surface area contributed by atoms with Crippen molar-refractivity contribution < 1.29 is 0 Å². The lowest BCUT2D eigenvalue weighted by Gasteiger charge is -2.37. The summed E-state index contributed by atoms with van der Waals surface area (Å²) in [6.45, 7) is 17.3. The molecular formula is C15H35N3. The number of rotatable bonds is 10. The Morgan fingerprint density at radius 3 is 2.17 bits per heavy atom. The fourth-order valence-corrected chi connectivity index (χ4v) is 2.26. The fraction of sp³-hybridized carbons (Fsp3) is 1.00. The summed E-state index contributed by atoms with van der Waals surface area (Å²) in [4.78, 5) is 4.84. The molecule has 0 saturated heterocycles. The topological polar surface area (TPSA) is 18.5 Å². The van der Waals surface area contributed by atoms with Crippen molar-refractivity contribution in [3.63, 3.8) is 0 Å². The summed E-state index contributed by atoms with van der Waals surface area (Å²) in [5, 5.41) is 3.55. The van der Waals surface area contributed by atoms with E-state index in [0.29, 0.717) is 11.5 Å². The van der Waals surface area contributed by atoms with E-state index in [2.05, 4.69) is 63.8 Å². The number of nitrogens with zero attached hydrogens (tertiary/aromatic N) is 2. The molecule has 0 saturated carbocycles. The average molecular weight is 257 g/mol. The third kappa shape index (κ3) is 7.34. The van der Waals surface area contributed by atoms with E-state index in [1.54, 1.807) is 0 Å². The van der Waals surface area contributed by atoms with Gasteiger partial charge in [-0.15, -0.1) is 0 Å². The van der Waals surface area contributed by atoms with Crippen LogP contribution >= 0.6 is 0 Å².